The van der Waals surface area contributed by atoms with E-state index < -0.39 is 54.2 Å². The second-order valence-corrected chi connectivity index (χ2v) is 11.3. The SMILES string of the molecule is CCCC(CCC)S(=O)(=O)CC(N)(C(N)=O)C(=O)O[C@H]1CCS(=O)(=O)C1. The zero-order chi connectivity index (χ0) is 20.2. The number of rotatable bonds is 10. The van der Waals surface area contributed by atoms with Crippen molar-refractivity contribution >= 4 is 31.6 Å². The summed E-state index contributed by atoms with van der Waals surface area (Å²) in [6, 6.07) is 0. The molecule has 1 aliphatic heterocycles. The molecule has 0 saturated carbocycles. The normalized spacial score (nSPS) is 22.1. The molecule has 9 nitrogen and oxygen atoms in total. The van der Waals surface area contributed by atoms with Gasteiger partial charge in [-0.05, 0) is 19.3 Å². The lowest BCUT2D eigenvalue weighted by molar-refractivity contribution is -0.156. The number of ether oxygens (including phenoxy) is 1. The second kappa shape index (κ2) is 8.66. The third kappa shape index (κ3) is 5.65. The van der Waals surface area contributed by atoms with E-state index in [1.54, 1.807) is 0 Å². The van der Waals surface area contributed by atoms with Gasteiger partial charge in [-0.15, -0.1) is 0 Å². The number of esters is 1. The summed E-state index contributed by atoms with van der Waals surface area (Å²) in [6.45, 7) is 3.66. The Labute approximate surface area is 154 Å². The van der Waals surface area contributed by atoms with Gasteiger partial charge in [0.1, 0.15) is 6.10 Å². The number of carbonyl (C=O) groups is 2. The summed E-state index contributed by atoms with van der Waals surface area (Å²) in [6.07, 6.45) is 1.09. The Bertz CT molecular complexity index is 727. The maximum atomic E-state index is 12.7. The lowest BCUT2D eigenvalue weighted by Crippen LogP contribution is -2.64. The third-order valence-electron chi connectivity index (χ3n) is 4.43. The first kappa shape index (κ1) is 22.8. The highest BCUT2D eigenvalue weighted by Crippen LogP contribution is 2.22. The minimum atomic E-state index is -3.90. The minimum Gasteiger partial charge on any atom is -0.459 e. The molecular weight excluding hydrogens is 384 g/mol. The maximum Gasteiger partial charge on any atom is 0.337 e. The molecule has 1 heterocycles. The molecule has 1 rings (SSSR count). The van der Waals surface area contributed by atoms with Gasteiger partial charge in [0.05, 0.1) is 22.5 Å². The van der Waals surface area contributed by atoms with E-state index in [1.165, 1.54) is 0 Å². The van der Waals surface area contributed by atoms with Crippen LogP contribution in [0.3, 0.4) is 0 Å². The fraction of sp³-hybridized carbons (Fsp3) is 0.867. The van der Waals surface area contributed by atoms with Crippen molar-refractivity contribution in [2.75, 3.05) is 17.3 Å². The Morgan fingerprint density at radius 2 is 1.77 bits per heavy atom. The van der Waals surface area contributed by atoms with Crippen LogP contribution < -0.4 is 11.5 Å². The second-order valence-electron chi connectivity index (χ2n) is 6.77. The Balaban J connectivity index is 3.01. The van der Waals surface area contributed by atoms with Gasteiger partial charge in [0.25, 0.3) is 0 Å². The van der Waals surface area contributed by atoms with Crippen molar-refractivity contribution in [2.45, 2.75) is 62.8 Å². The molecule has 4 N–H and O–H groups in total. The van der Waals surface area contributed by atoms with Crippen molar-refractivity contribution in [3.05, 3.63) is 0 Å². The average Bonchev–Trinajstić information content (AvgIpc) is 2.85. The van der Waals surface area contributed by atoms with Gasteiger partial charge in [0, 0.05) is 0 Å². The number of hydrogen-bond donors (Lipinski definition) is 2. The number of nitrogens with two attached hydrogens (primary N) is 2. The van der Waals surface area contributed by atoms with Crippen molar-refractivity contribution in [1.82, 2.24) is 0 Å². The minimum absolute atomic E-state index is 0.0734. The summed E-state index contributed by atoms with van der Waals surface area (Å²) in [7, 11) is -7.22. The smallest absolute Gasteiger partial charge is 0.337 e. The molecule has 1 unspecified atom stereocenters. The molecule has 0 aromatic heterocycles. The molecule has 2 atom stereocenters. The van der Waals surface area contributed by atoms with Crippen LogP contribution in [0, 0.1) is 0 Å². The lowest BCUT2D eigenvalue weighted by atomic mass is 10.0. The van der Waals surface area contributed by atoms with Gasteiger partial charge in [-0.25, -0.2) is 21.6 Å². The van der Waals surface area contributed by atoms with Gasteiger partial charge >= 0.3 is 5.97 Å². The van der Waals surface area contributed by atoms with Crippen molar-refractivity contribution in [3.8, 4) is 0 Å². The number of amides is 1. The first-order chi connectivity index (χ1) is 11.9. The summed E-state index contributed by atoms with van der Waals surface area (Å²) in [4.78, 5) is 24.2. The first-order valence-electron chi connectivity index (χ1n) is 8.59. The van der Waals surface area contributed by atoms with Crippen molar-refractivity contribution in [2.24, 2.45) is 11.5 Å². The predicted octanol–water partition coefficient (Wildman–Crippen LogP) is -0.717. The van der Waals surface area contributed by atoms with E-state index in [-0.39, 0.29) is 17.9 Å². The summed E-state index contributed by atoms with van der Waals surface area (Å²) < 4.78 is 53.3. The highest BCUT2D eigenvalue weighted by molar-refractivity contribution is 7.92. The van der Waals surface area contributed by atoms with E-state index in [0.29, 0.717) is 25.7 Å². The fourth-order valence-electron chi connectivity index (χ4n) is 2.92. The van der Waals surface area contributed by atoms with Crippen LogP contribution in [0.25, 0.3) is 0 Å². The summed E-state index contributed by atoms with van der Waals surface area (Å²) >= 11 is 0. The molecule has 0 aromatic rings. The van der Waals surface area contributed by atoms with Crippen LogP contribution in [0.5, 0.6) is 0 Å². The number of hydrogen-bond acceptors (Lipinski definition) is 8. The molecule has 1 saturated heterocycles. The van der Waals surface area contributed by atoms with Crippen LogP contribution in [0.4, 0.5) is 0 Å². The first-order valence-corrected chi connectivity index (χ1v) is 12.1. The summed E-state index contributed by atoms with van der Waals surface area (Å²) in [5, 5.41) is -0.737. The predicted molar refractivity (Wildman–Crippen MR) is 96.7 cm³/mol. The number of sulfone groups is 2. The Kier molecular flexibility index (Phi) is 7.61. The quantitative estimate of drug-likeness (QED) is 0.351. The molecule has 0 spiro atoms. The highest BCUT2D eigenvalue weighted by Gasteiger charge is 2.49. The molecule has 1 fully saturated rings. The van der Waals surface area contributed by atoms with Gasteiger partial charge in [-0.2, -0.15) is 0 Å². The zero-order valence-corrected chi connectivity index (χ0v) is 16.8. The fourth-order valence-corrected chi connectivity index (χ4v) is 6.83. The summed E-state index contributed by atoms with van der Waals surface area (Å²) in [5.74, 6) is -4.11. The largest absolute Gasteiger partial charge is 0.459 e. The monoisotopic (exact) mass is 412 g/mol. The van der Waals surface area contributed by atoms with E-state index in [1.807, 2.05) is 13.8 Å². The Morgan fingerprint density at radius 3 is 2.15 bits per heavy atom. The third-order valence-corrected chi connectivity index (χ3v) is 8.51. The van der Waals surface area contributed by atoms with E-state index in [0.717, 1.165) is 0 Å². The molecule has 26 heavy (non-hydrogen) atoms. The van der Waals surface area contributed by atoms with Crippen LogP contribution in [-0.4, -0.2) is 62.9 Å². The van der Waals surface area contributed by atoms with E-state index in [4.69, 9.17) is 16.2 Å². The molecular formula is C15H28N2O7S2. The molecule has 0 bridgehead atoms. The van der Waals surface area contributed by atoms with E-state index in [9.17, 15) is 26.4 Å². The van der Waals surface area contributed by atoms with Crippen LogP contribution in [0.15, 0.2) is 0 Å². The summed E-state index contributed by atoms with van der Waals surface area (Å²) in [5.41, 5.74) is 8.43. The van der Waals surface area contributed by atoms with Crippen LogP contribution in [0.1, 0.15) is 46.0 Å². The average molecular weight is 413 g/mol. The Morgan fingerprint density at radius 1 is 1.23 bits per heavy atom. The van der Waals surface area contributed by atoms with Crippen molar-refractivity contribution < 1.29 is 31.2 Å². The standard InChI is InChI=1S/C15H28N2O7S2/c1-3-5-12(6-4-2)26(22,23)10-15(17,13(16)18)14(19)24-11-7-8-25(20,21)9-11/h11-12H,3-10,17H2,1-2H3,(H2,16,18)/t11-,15?/m0/s1. The van der Waals surface area contributed by atoms with Crippen LogP contribution in [-0.2, 0) is 34.0 Å². The molecule has 0 radical (unpaired) electrons. The zero-order valence-electron chi connectivity index (χ0n) is 15.1. The molecule has 11 heteroatoms. The maximum absolute atomic E-state index is 12.7. The molecule has 0 aromatic carbocycles. The van der Waals surface area contributed by atoms with Gasteiger partial charge in [0.2, 0.25) is 11.4 Å². The van der Waals surface area contributed by atoms with Gasteiger partial charge in [-0.1, -0.05) is 26.7 Å². The molecule has 0 aliphatic carbocycles. The molecule has 152 valence electrons. The van der Waals surface area contributed by atoms with Gasteiger partial charge < -0.3 is 16.2 Å². The lowest BCUT2D eigenvalue weighted by Gasteiger charge is -2.27. The molecule has 1 amide bonds. The topological polar surface area (TPSA) is 164 Å². The van der Waals surface area contributed by atoms with Crippen LogP contribution in [0.2, 0.25) is 0 Å². The number of carbonyl (C=O) groups excluding carboxylic acids is 2. The van der Waals surface area contributed by atoms with E-state index >= 15 is 0 Å². The van der Waals surface area contributed by atoms with Crippen LogP contribution >= 0.6 is 0 Å². The number of primary amides is 1. The molecule has 1 aliphatic rings. The van der Waals surface area contributed by atoms with Gasteiger partial charge in [-0.3, -0.25) is 4.79 Å². The van der Waals surface area contributed by atoms with Crippen molar-refractivity contribution in [3.63, 3.8) is 0 Å². The van der Waals surface area contributed by atoms with Gasteiger partial charge in [0.15, 0.2) is 19.7 Å². The highest BCUT2D eigenvalue weighted by atomic mass is 32.2. The van der Waals surface area contributed by atoms with E-state index in [2.05, 4.69) is 0 Å². The Hall–Kier alpha value is -1.20. The van der Waals surface area contributed by atoms with Crippen molar-refractivity contribution in [1.29, 1.82) is 0 Å².